The predicted octanol–water partition coefficient (Wildman–Crippen LogP) is 2.15. The minimum atomic E-state index is -0.483. The molecule has 138 valence electrons. The smallest absolute Gasteiger partial charge is 0.222 e. The number of ether oxygens (including phenoxy) is 1. The topological polar surface area (TPSA) is 53.0 Å². The molecule has 0 radical (unpaired) electrons. The molecular weight excluding hydrogens is 316 g/mol. The van der Waals surface area contributed by atoms with Crippen molar-refractivity contribution < 1.29 is 14.6 Å². The lowest BCUT2D eigenvalue weighted by Gasteiger charge is -2.33. The summed E-state index contributed by atoms with van der Waals surface area (Å²) in [6.45, 7) is 4.77. The summed E-state index contributed by atoms with van der Waals surface area (Å²) in [4.78, 5) is 16.6. The van der Waals surface area contributed by atoms with Crippen LogP contribution >= 0.6 is 0 Å². The van der Waals surface area contributed by atoms with Crippen LogP contribution in [0.15, 0.2) is 30.3 Å². The van der Waals surface area contributed by atoms with E-state index in [1.807, 2.05) is 35.2 Å². The van der Waals surface area contributed by atoms with Gasteiger partial charge in [0, 0.05) is 26.1 Å². The zero-order chi connectivity index (χ0) is 17.5. The Kier molecular flexibility index (Phi) is 6.70. The van der Waals surface area contributed by atoms with Gasteiger partial charge < -0.3 is 19.6 Å². The number of benzene rings is 1. The Morgan fingerprint density at radius 1 is 1.12 bits per heavy atom. The second-order valence-corrected chi connectivity index (χ2v) is 7.31. The SMILES string of the molecule is O=C(CC1CCN(CC(O)COc2ccccc2)CC1)N1CCCC1. The molecule has 0 bridgehead atoms. The second-order valence-electron chi connectivity index (χ2n) is 7.31. The summed E-state index contributed by atoms with van der Waals surface area (Å²) in [5.74, 6) is 1.63. The Labute approximate surface area is 150 Å². The van der Waals surface area contributed by atoms with Crippen LogP contribution in [0.3, 0.4) is 0 Å². The molecule has 2 aliphatic heterocycles. The fourth-order valence-electron chi connectivity index (χ4n) is 3.78. The first-order valence-electron chi connectivity index (χ1n) is 9.57. The van der Waals surface area contributed by atoms with Gasteiger partial charge in [-0.2, -0.15) is 0 Å². The highest BCUT2D eigenvalue weighted by Gasteiger charge is 2.26. The van der Waals surface area contributed by atoms with Gasteiger partial charge in [-0.1, -0.05) is 18.2 Å². The lowest BCUT2D eigenvalue weighted by molar-refractivity contribution is -0.131. The average Bonchev–Trinajstić information content (AvgIpc) is 3.17. The monoisotopic (exact) mass is 346 g/mol. The van der Waals surface area contributed by atoms with E-state index in [4.69, 9.17) is 4.74 Å². The van der Waals surface area contributed by atoms with E-state index in [2.05, 4.69) is 4.90 Å². The normalized spacial score (nSPS) is 20.6. The quantitative estimate of drug-likeness (QED) is 0.822. The van der Waals surface area contributed by atoms with Crippen molar-refractivity contribution in [3.8, 4) is 5.75 Å². The number of aliphatic hydroxyl groups excluding tert-OH is 1. The Bertz CT molecular complexity index is 523. The molecule has 5 nitrogen and oxygen atoms in total. The predicted molar refractivity (Wildman–Crippen MR) is 97.5 cm³/mol. The van der Waals surface area contributed by atoms with Crippen molar-refractivity contribution in [3.05, 3.63) is 30.3 Å². The van der Waals surface area contributed by atoms with Crippen LogP contribution in [0.25, 0.3) is 0 Å². The van der Waals surface area contributed by atoms with Crippen LogP contribution in [0.1, 0.15) is 32.1 Å². The van der Waals surface area contributed by atoms with E-state index in [0.29, 0.717) is 31.4 Å². The molecule has 1 N–H and O–H groups in total. The minimum Gasteiger partial charge on any atom is -0.491 e. The maximum absolute atomic E-state index is 12.2. The number of aliphatic hydroxyl groups is 1. The number of hydrogen-bond donors (Lipinski definition) is 1. The van der Waals surface area contributed by atoms with Gasteiger partial charge in [-0.25, -0.2) is 0 Å². The fraction of sp³-hybridized carbons (Fsp3) is 0.650. The highest BCUT2D eigenvalue weighted by atomic mass is 16.5. The molecule has 0 saturated carbocycles. The molecule has 5 heteroatoms. The highest BCUT2D eigenvalue weighted by molar-refractivity contribution is 5.76. The van der Waals surface area contributed by atoms with Crippen LogP contribution < -0.4 is 4.74 Å². The number of likely N-dealkylation sites (tertiary alicyclic amines) is 2. The Morgan fingerprint density at radius 2 is 1.80 bits per heavy atom. The Hall–Kier alpha value is -1.59. The summed E-state index contributed by atoms with van der Waals surface area (Å²) in [5.41, 5.74) is 0. The van der Waals surface area contributed by atoms with Gasteiger partial charge in [0.1, 0.15) is 18.5 Å². The Balaban J connectivity index is 1.32. The summed E-state index contributed by atoms with van der Waals surface area (Å²) < 4.78 is 5.61. The number of para-hydroxylation sites is 1. The molecule has 2 aliphatic rings. The molecule has 1 aromatic carbocycles. The largest absolute Gasteiger partial charge is 0.491 e. The zero-order valence-corrected chi connectivity index (χ0v) is 15.0. The number of β-amino-alcohol motifs (C(OH)–C–C–N with tert-alkyl or cyclic N) is 1. The number of rotatable bonds is 7. The van der Waals surface area contributed by atoms with Crippen LogP contribution in [-0.4, -0.2) is 66.2 Å². The van der Waals surface area contributed by atoms with E-state index in [1.165, 1.54) is 0 Å². The zero-order valence-electron chi connectivity index (χ0n) is 15.0. The first-order chi connectivity index (χ1) is 12.2. The van der Waals surface area contributed by atoms with Crippen LogP contribution in [0.2, 0.25) is 0 Å². The fourth-order valence-corrected chi connectivity index (χ4v) is 3.78. The van der Waals surface area contributed by atoms with Crippen molar-refractivity contribution in [3.63, 3.8) is 0 Å². The summed E-state index contributed by atoms with van der Waals surface area (Å²) in [5, 5.41) is 10.2. The molecule has 2 heterocycles. The highest BCUT2D eigenvalue weighted by Crippen LogP contribution is 2.22. The molecule has 0 spiro atoms. The molecule has 2 fully saturated rings. The molecule has 1 atom stereocenters. The number of amides is 1. The van der Waals surface area contributed by atoms with Gasteiger partial charge >= 0.3 is 0 Å². The van der Waals surface area contributed by atoms with Crippen molar-refractivity contribution >= 4 is 5.91 Å². The van der Waals surface area contributed by atoms with Gasteiger partial charge in [-0.05, 0) is 56.8 Å². The summed E-state index contributed by atoms with van der Waals surface area (Å²) >= 11 is 0. The van der Waals surface area contributed by atoms with E-state index in [1.54, 1.807) is 0 Å². The standard InChI is InChI=1S/C20H30N2O3/c23-18(16-25-19-6-2-1-3-7-19)15-21-12-8-17(9-13-21)14-20(24)22-10-4-5-11-22/h1-3,6-7,17-18,23H,4-5,8-16H2. The number of carbonyl (C=O) groups excluding carboxylic acids is 1. The Morgan fingerprint density at radius 3 is 2.48 bits per heavy atom. The summed E-state index contributed by atoms with van der Waals surface area (Å²) in [6.07, 6.45) is 4.63. The van der Waals surface area contributed by atoms with Gasteiger partial charge in [0.25, 0.3) is 0 Å². The van der Waals surface area contributed by atoms with Crippen molar-refractivity contribution in [2.75, 3.05) is 39.3 Å². The number of carbonyl (C=O) groups is 1. The minimum absolute atomic E-state index is 0.317. The van der Waals surface area contributed by atoms with Crippen LogP contribution in [0.5, 0.6) is 5.75 Å². The molecule has 25 heavy (non-hydrogen) atoms. The molecule has 3 rings (SSSR count). The van der Waals surface area contributed by atoms with Gasteiger partial charge in [-0.3, -0.25) is 4.79 Å². The number of hydrogen-bond acceptors (Lipinski definition) is 4. The number of piperidine rings is 1. The molecule has 2 saturated heterocycles. The van der Waals surface area contributed by atoms with Gasteiger partial charge in [-0.15, -0.1) is 0 Å². The van der Waals surface area contributed by atoms with Crippen molar-refractivity contribution in [2.24, 2.45) is 5.92 Å². The third-order valence-electron chi connectivity index (χ3n) is 5.28. The van der Waals surface area contributed by atoms with Crippen molar-refractivity contribution in [1.82, 2.24) is 9.80 Å². The van der Waals surface area contributed by atoms with Crippen LogP contribution in [0.4, 0.5) is 0 Å². The van der Waals surface area contributed by atoms with Crippen LogP contribution in [0, 0.1) is 5.92 Å². The van der Waals surface area contributed by atoms with Gasteiger partial charge in [0.05, 0.1) is 0 Å². The maximum Gasteiger partial charge on any atom is 0.222 e. The van der Waals surface area contributed by atoms with E-state index in [9.17, 15) is 9.90 Å². The molecule has 1 unspecified atom stereocenters. The lowest BCUT2D eigenvalue weighted by Crippen LogP contribution is -2.41. The molecule has 1 amide bonds. The molecule has 0 aromatic heterocycles. The first-order valence-corrected chi connectivity index (χ1v) is 9.57. The molecular formula is C20H30N2O3. The van der Waals surface area contributed by atoms with E-state index in [0.717, 1.165) is 57.6 Å². The average molecular weight is 346 g/mol. The van der Waals surface area contributed by atoms with Crippen molar-refractivity contribution in [1.29, 1.82) is 0 Å². The molecule has 0 aliphatic carbocycles. The maximum atomic E-state index is 12.2. The van der Waals surface area contributed by atoms with E-state index < -0.39 is 6.10 Å². The summed E-state index contributed by atoms with van der Waals surface area (Å²) in [6, 6.07) is 9.60. The van der Waals surface area contributed by atoms with E-state index in [-0.39, 0.29) is 0 Å². The lowest BCUT2D eigenvalue weighted by atomic mass is 9.93. The third kappa shape index (κ3) is 5.72. The van der Waals surface area contributed by atoms with E-state index >= 15 is 0 Å². The first kappa shape index (κ1) is 18.2. The van der Waals surface area contributed by atoms with Crippen LogP contribution in [-0.2, 0) is 4.79 Å². The third-order valence-corrected chi connectivity index (χ3v) is 5.28. The van der Waals surface area contributed by atoms with Gasteiger partial charge in [0.15, 0.2) is 0 Å². The number of nitrogens with zero attached hydrogens (tertiary/aromatic N) is 2. The summed E-state index contributed by atoms with van der Waals surface area (Å²) in [7, 11) is 0. The molecule has 1 aromatic rings. The van der Waals surface area contributed by atoms with Gasteiger partial charge in [0.2, 0.25) is 5.91 Å². The second kappa shape index (κ2) is 9.20. The van der Waals surface area contributed by atoms with Crippen molar-refractivity contribution in [2.45, 2.75) is 38.2 Å².